The second-order valence-corrected chi connectivity index (χ2v) is 7.08. The van der Waals surface area contributed by atoms with Crippen LogP contribution in [0.5, 0.6) is 17.2 Å². The number of benzene rings is 1. The first-order chi connectivity index (χ1) is 13.4. The van der Waals surface area contributed by atoms with Crippen LogP contribution >= 0.6 is 24.0 Å². The first-order valence-corrected chi connectivity index (χ1v) is 9.94. The van der Waals surface area contributed by atoms with Gasteiger partial charge in [-0.25, -0.2) is 4.99 Å². The van der Waals surface area contributed by atoms with Gasteiger partial charge in [-0.3, -0.25) is 4.90 Å². The zero-order valence-corrected chi connectivity index (χ0v) is 21.5. The summed E-state index contributed by atoms with van der Waals surface area (Å²) in [4.78, 5) is 7.15. The van der Waals surface area contributed by atoms with E-state index in [4.69, 9.17) is 19.2 Å². The summed E-state index contributed by atoms with van der Waals surface area (Å²) >= 11 is 0. The molecule has 0 aliphatic carbocycles. The third kappa shape index (κ3) is 8.86. The van der Waals surface area contributed by atoms with E-state index in [-0.39, 0.29) is 24.0 Å². The summed E-state index contributed by atoms with van der Waals surface area (Å²) in [7, 11) is 4.83. The molecule has 0 aliphatic heterocycles. The predicted octanol–water partition coefficient (Wildman–Crippen LogP) is 3.50. The number of methoxy groups -OCH3 is 3. The highest BCUT2D eigenvalue weighted by Crippen LogP contribution is 2.38. The van der Waals surface area contributed by atoms with Gasteiger partial charge in [0.2, 0.25) is 5.75 Å². The van der Waals surface area contributed by atoms with Crippen LogP contribution in [0.3, 0.4) is 0 Å². The molecule has 0 aromatic heterocycles. The van der Waals surface area contributed by atoms with Crippen LogP contribution in [0.25, 0.3) is 0 Å². The SMILES string of the molecule is CCNC(=NCc1cc(OC)c(OC)c(OC)c1)NCCN(C(C)C)C(C)C.I. The number of nitrogens with zero attached hydrogens (tertiary/aromatic N) is 2. The average molecular weight is 522 g/mol. The lowest BCUT2D eigenvalue weighted by Gasteiger charge is -2.30. The van der Waals surface area contributed by atoms with Crippen LogP contribution in [0.4, 0.5) is 0 Å². The molecule has 168 valence electrons. The van der Waals surface area contributed by atoms with Crippen molar-refractivity contribution in [2.45, 2.75) is 53.2 Å². The molecular weight excluding hydrogens is 483 g/mol. The van der Waals surface area contributed by atoms with Crippen molar-refractivity contribution < 1.29 is 14.2 Å². The normalized spacial score (nSPS) is 11.5. The van der Waals surface area contributed by atoms with Crippen molar-refractivity contribution >= 4 is 29.9 Å². The maximum Gasteiger partial charge on any atom is 0.203 e. The van der Waals surface area contributed by atoms with Gasteiger partial charge in [-0.2, -0.15) is 0 Å². The van der Waals surface area contributed by atoms with Gasteiger partial charge in [0.1, 0.15) is 0 Å². The monoisotopic (exact) mass is 522 g/mol. The maximum atomic E-state index is 5.42. The van der Waals surface area contributed by atoms with E-state index in [9.17, 15) is 0 Å². The van der Waals surface area contributed by atoms with Crippen LogP contribution in [0.1, 0.15) is 40.2 Å². The standard InChI is InChI=1S/C21H38N4O3.HI/c1-9-22-21(23-10-11-25(15(2)3)16(4)5)24-14-17-12-18(26-6)20(28-8)19(13-17)27-7;/h12-13,15-16H,9-11,14H2,1-8H3,(H2,22,23,24);1H. The summed E-state index contributed by atoms with van der Waals surface area (Å²) in [5.41, 5.74) is 0.984. The van der Waals surface area contributed by atoms with Gasteiger partial charge in [0.25, 0.3) is 0 Å². The van der Waals surface area contributed by atoms with Gasteiger partial charge in [0, 0.05) is 31.7 Å². The Morgan fingerprint density at radius 1 is 0.966 bits per heavy atom. The van der Waals surface area contributed by atoms with Crippen molar-refractivity contribution in [1.29, 1.82) is 0 Å². The molecule has 0 fully saturated rings. The van der Waals surface area contributed by atoms with Gasteiger partial charge in [0.05, 0.1) is 27.9 Å². The number of nitrogens with one attached hydrogen (secondary N) is 2. The second kappa shape index (κ2) is 14.5. The Kier molecular flexibility index (Phi) is 13.8. The average Bonchev–Trinajstić information content (AvgIpc) is 2.67. The number of aliphatic imine (C=N–C) groups is 1. The summed E-state index contributed by atoms with van der Waals surface area (Å²) in [5, 5.41) is 6.72. The largest absolute Gasteiger partial charge is 0.493 e. The lowest BCUT2D eigenvalue weighted by atomic mass is 10.2. The molecule has 8 heteroatoms. The van der Waals surface area contributed by atoms with Crippen LogP contribution < -0.4 is 24.8 Å². The molecule has 0 saturated heterocycles. The summed E-state index contributed by atoms with van der Waals surface area (Å²) in [6.45, 7) is 14.1. The van der Waals surface area contributed by atoms with Crippen LogP contribution in [0.2, 0.25) is 0 Å². The number of halogens is 1. The van der Waals surface area contributed by atoms with Gasteiger partial charge >= 0.3 is 0 Å². The minimum absolute atomic E-state index is 0. The number of hydrogen-bond donors (Lipinski definition) is 2. The van der Waals surface area contributed by atoms with E-state index in [1.54, 1.807) is 21.3 Å². The lowest BCUT2D eigenvalue weighted by Crippen LogP contribution is -2.45. The molecule has 0 saturated carbocycles. The van der Waals surface area contributed by atoms with Gasteiger partial charge in [-0.05, 0) is 52.3 Å². The Bertz CT molecular complexity index is 591. The van der Waals surface area contributed by atoms with Gasteiger partial charge in [0.15, 0.2) is 17.5 Å². The molecule has 7 nitrogen and oxygen atoms in total. The molecule has 29 heavy (non-hydrogen) atoms. The van der Waals surface area contributed by atoms with Crippen molar-refractivity contribution in [3.63, 3.8) is 0 Å². The van der Waals surface area contributed by atoms with Crippen LogP contribution in [0.15, 0.2) is 17.1 Å². The van der Waals surface area contributed by atoms with Crippen LogP contribution in [0, 0.1) is 0 Å². The summed E-state index contributed by atoms with van der Waals surface area (Å²) in [6, 6.07) is 4.88. The predicted molar refractivity (Wildman–Crippen MR) is 131 cm³/mol. The molecule has 0 unspecified atom stereocenters. The molecule has 0 bridgehead atoms. The van der Waals surface area contributed by atoms with E-state index in [0.717, 1.165) is 31.2 Å². The van der Waals surface area contributed by atoms with Gasteiger partial charge in [-0.15, -0.1) is 24.0 Å². The quantitative estimate of drug-likeness (QED) is 0.264. The zero-order valence-electron chi connectivity index (χ0n) is 19.2. The fourth-order valence-corrected chi connectivity index (χ4v) is 3.15. The van der Waals surface area contributed by atoms with E-state index in [1.165, 1.54) is 0 Å². The van der Waals surface area contributed by atoms with E-state index in [0.29, 0.717) is 35.9 Å². The highest BCUT2D eigenvalue weighted by atomic mass is 127. The highest BCUT2D eigenvalue weighted by molar-refractivity contribution is 14.0. The minimum atomic E-state index is 0. The van der Waals surface area contributed by atoms with Crippen LogP contribution in [-0.4, -0.2) is 63.9 Å². The summed E-state index contributed by atoms with van der Waals surface area (Å²) < 4.78 is 16.2. The molecule has 0 amide bonds. The van der Waals surface area contributed by atoms with E-state index in [1.807, 2.05) is 12.1 Å². The molecule has 0 aliphatic rings. The van der Waals surface area contributed by atoms with Crippen molar-refractivity contribution in [1.82, 2.24) is 15.5 Å². The van der Waals surface area contributed by atoms with Crippen molar-refractivity contribution in [3.05, 3.63) is 17.7 Å². The number of ether oxygens (including phenoxy) is 3. The molecule has 1 aromatic rings. The Hall–Kier alpha value is -1.42. The fourth-order valence-electron chi connectivity index (χ4n) is 3.15. The number of guanidine groups is 1. The fraction of sp³-hybridized carbons (Fsp3) is 0.667. The maximum absolute atomic E-state index is 5.42. The molecule has 0 atom stereocenters. The van der Waals surface area contributed by atoms with Crippen LogP contribution in [-0.2, 0) is 6.54 Å². The van der Waals surface area contributed by atoms with Crippen molar-refractivity contribution in [2.75, 3.05) is 41.0 Å². The Morgan fingerprint density at radius 2 is 1.52 bits per heavy atom. The third-order valence-electron chi connectivity index (χ3n) is 4.48. The Labute approximate surface area is 193 Å². The van der Waals surface area contributed by atoms with Gasteiger partial charge < -0.3 is 24.8 Å². The molecule has 0 radical (unpaired) electrons. The molecule has 0 spiro atoms. The van der Waals surface area contributed by atoms with Crippen molar-refractivity contribution in [3.8, 4) is 17.2 Å². The molecule has 1 rings (SSSR count). The minimum Gasteiger partial charge on any atom is -0.493 e. The first-order valence-electron chi connectivity index (χ1n) is 9.94. The summed E-state index contributed by atoms with van der Waals surface area (Å²) in [6.07, 6.45) is 0. The van der Waals surface area contributed by atoms with Crippen molar-refractivity contribution in [2.24, 2.45) is 4.99 Å². The first kappa shape index (κ1) is 27.6. The third-order valence-corrected chi connectivity index (χ3v) is 4.48. The Balaban J connectivity index is 0.00000784. The number of hydrogen-bond acceptors (Lipinski definition) is 5. The van der Waals surface area contributed by atoms with E-state index in [2.05, 4.69) is 50.2 Å². The number of rotatable bonds is 11. The van der Waals surface area contributed by atoms with E-state index >= 15 is 0 Å². The summed E-state index contributed by atoms with van der Waals surface area (Å²) in [5.74, 6) is 2.65. The Morgan fingerprint density at radius 3 is 1.93 bits per heavy atom. The molecular formula is C21H39IN4O3. The van der Waals surface area contributed by atoms with E-state index < -0.39 is 0 Å². The smallest absolute Gasteiger partial charge is 0.203 e. The topological polar surface area (TPSA) is 67.4 Å². The van der Waals surface area contributed by atoms with Gasteiger partial charge in [-0.1, -0.05) is 0 Å². The molecule has 0 heterocycles. The zero-order chi connectivity index (χ0) is 21.1. The molecule has 2 N–H and O–H groups in total. The lowest BCUT2D eigenvalue weighted by molar-refractivity contribution is 0.178. The molecule has 1 aromatic carbocycles. The highest BCUT2D eigenvalue weighted by Gasteiger charge is 2.14. The second-order valence-electron chi connectivity index (χ2n) is 7.08.